The lowest BCUT2D eigenvalue weighted by Gasteiger charge is -2.09. The zero-order valence-corrected chi connectivity index (χ0v) is 12.5. The Bertz CT molecular complexity index is 789. The van der Waals surface area contributed by atoms with Crippen LogP contribution >= 0.6 is 0 Å². The van der Waals surface area contributed by atoms with Crippen molar-refractivity contribution in [3.8, 4) is 0 Å². The minimum absolute atomic E-state index is 0.115. The molecule has 0 saturated carbocycles. The molecular weight excluding hydrogens is 300 g/mol. The van der Waals surface area contributed by atoms with Crippen LogP contribution in [0.5, 0.6) is 0 Å². The van der Waals surface area contributed by atoms with Crippen LogP contribution in [0.15, 0.2) is 36.5 Å². The zero-order chi connectivity index (χ0) is 17.0. The summed E-state index contributed by atoms with van der Waals surface area (Å²) in [4.78, 5) is 37.4. The molecule has 8 heteroatoms. The molecule has 1 aromatic carbocycles. The fourth-order valence-electron chi connectivity index (χ4n) is 1.93. The van der Waals surface area contributed by atoms with Crippen molar-refractivity contribution in [2.24, 2.45) is 0 Å². The Labute approximate surface area is 131 Å². The van der Waals surface area contributed by atoms with Crippen LogP contribution in [-0.4, -0.2) is 21.7 Å². The molecule has 2 aromatic rings. The van der Waals surface area contributed by atoms with Crippen LogP contribution in [0.3, 0.4) is 0 Å². The normalized spacial score (nSPS) is 10.0. The second-order valence-electron chi connectivity index (χ2n) is 4.80. The van der Waals surface area contributed by atoms with Gasteiger partial charge in [-0.05, 0) is 25.1 Å². The van der Waals surface area contributed by atoms with Gasteiger partial charge in [0, 0.05) is 24.4 Å². The first-order chi connectivity index (χ1) is 10.9. The lowest BCUT2D eigenvalue weighted by molar-refractivity contribution is -0.385. The van der Waals surface area contributed by atoms with Crippen molar-refractivity contribution >= 4 is 28.9 Å². The number of amides is 2. The van der Waals surface area contributed by atoms with Crippen LogP contribution in [0.2, 0.25) is 0 Å². The summed E-state index contributed by atoms with van der Waals surface area (Å²) in [5, 5.41) is 16.0. The average molecular weight is 314 g/mol. The van der Waals surface area contributed by atoms with Crippen LogP contribution in [0.4, 0.5) is 17.1 Å². The molecule has 0 saturated heterocycles. The Kier molecular flexibility index (Phi) is 4.65. The molecule has 2 N–H and O–H groups in total. The molecule has 0 unspecified atom stereocenters. The highest BCUT2D eigenvalue weighted by Gasteiger charge is 2.16. The minimum Gasteiger partial charge on any atom is -0.326 e. The van der Waals surface area contributed by atoms with Gasteiger partial charge in [0.25, 0.3) is 11.6 Å². The molecule has 0 bridgehead atoms. The second-order valence-corrected chi connectivity index (χ2v) is 4.80. The quantitative estimate of drug-likeness (QED) is 0.664. The van der Waals surface area contributed by atoms with Gasteiger partial charge in [0.1, 0.15) is 6.20 Å². The van der Waals surface area contributed by atoms with Crippen LogP contribution in [0, 0.1) is 17.0 Å². The van der Waals surface area contributed by atoms with Crippen LogP contribution in [-0.2, 0) is 4.79 Å². The lowest BCUT2D eigenvalue weighted by atomic mass is 10.1. The molecular formula is C15H14N4O4. The topological polar surface area (TPSA) is 114 Å². The minimum atomic E-state index is -0.610. The molecule has 0 atom stereocenters. The third-order valence-corrected chi connectivity index (χ3v) is 2.97. The summed E-state index contributed by atoms with van der Waals surface area (Å²) in [6, 6.07) is 7.74. The number of nitro groups is 1. The summed E-state index contributed by atoms with van der Waals surface area (Å²) < 4.78 is 0. The number of rotatable bonds is 4. The van der Waals surface area contributed by atoms with E-state index in [0.717, 1.165) is 6.20 Å². The molecule has 0 spiro atoms. The van der Waals surface area contributed by atoms with Gasteiger partial charge < -0.3 is 10.6 Å². The van der Waals surface area contributed by atoms with E-state index < -0.39 is 10.8 Å². The molecule has 0 radical (unpaired) electrons. The third-order valence-electron chi connectivity index (χ3n) is 2.97. The summed E-state index contributed by atoms with van der Waals surface area (Å²) in [6.07, 6.45) is 1.10. The van der Waals surface area contributed by atoms with Crippen molar-refractivity contribution in [3.05, 3.63) is 57.9 Å². The van der Waals surface area contributed by atoms with Crippen molar-refractivity contribution in [3.63, 3.8) is 0 Å². The largest absolute Gasteiger partial charge is 0.326 e. The maximum atomic E-state index is 12.3. The summed E-state index contributed by atoms with van der Waals surface area (Å²) >= 11 is 0. The van der Waals surface area contributed by atoms with Gasteiger partial charge in [0.2, 0.25) is 5.91 Å². The first-order valence-corrected chi connectivity index (χ1v) is 6.67. The SMILES string of the molecule is CC(=O)Nc1cccc(NC(=O)c2cc([N+](=O)[O-])cnc2C)c1. The van der Waals surface area contributed by atoms with E-state index in [1.54, 1.807) is 31.2 Å². The van der Waals surface area contributed by atoms with Gasteiger partial charge in [-0.15, -0.1) is 0 Å². The van der Waals surface area contributed by atoms with E-state index in [1.165, 1.54) is 13.0 Å². The van der Waals surface area contributed by atoms with E-state index in [1.807, 2.05) is 0 Å². The zero-order valence-electron chi connectivity index (χ0n) is 12.5. The van der Waals surface area contributed by atoms with Gasteiger partial charge in [0.15, 0.2) is 0 Å². The van der Waals surface area contributed by atoms with Gasteiger partial charge in [-0.25, -0.2) is 0 Å². The highest BCUT2D eigenvalue weighted by atomic mass is 16.6. The number of benzene rings is 1. The Balaban J connectivity index is 2.24. The average Bonchev–Trinajstić information content (AvgIpc) is 2.46. The maximum Gasteiger partial charge on any atom is 0.288 e. The Morgan fingerprint density at radius 1 is 1.17 bits per heavy atom. The van der Waals surface area contributed by atoms with Gasteiger partial charge in [0.05, 0.1) is 16.2 Å². The number of hydrogen-bond donors (Lipinski definition) is 2. The highest BCUT2D eigenvalue weighted by molar-refractivity contribution is 6.05. The third kappa shape index (κ3) is 4.10. The van der Waals surface area contributed by atoms with Crippen LogP contribution in [0.1, 0.15) is 23.0 Å². The van der Waals surface area contributed by atoms with Crippen LogP contribution in [0.25, 0.3) is 0 Å². The summed E-state index contributed by atoms with van der Waals surface area (Å²) in [5.41, 5.74) is 1.22. The smallest absolute Gasteiger partial charge is 0.288 e. The number of aromatic nitrogens is 1. The molecule has 1 aromatic heterocycles. The highest BCUT2D eigenvalue weighted by Crippen LogP contribution is 2.19. The number of anilines is 2. The van der Waals surface area contributed by atoms with Crippen molar-refractivity contribution in [2.75, 3.05) is 10.6 Å². The lowest BCUT2D eigenvalue weighted by Crippen LogP contribution is -2.15. The first-order valence-electron chi connectivity index (χ1n) is 6.67. The van der Waals surface area contributed by atoms with E-state index in [-0.39, 0.29) is 17.2 Å². The number of nitrogens with zero attached hydrogens (tertiary/aromatic N) is 2. The molecule has 2 rings (SSSR count). The molecule has 8 nitrogen and oxygen atoms in total. The predicted octanol–water partition coefficient (Wildman–Crippen LogP) is 2.51. The van der Waals surface area contributed by atoms with Crippen molar-refractivity contribution in [1.29, 1.82) is 0 Å². The van der Waals surface area contributed by atoms with Gasteiger partial charge in [-0.2, -0.15) is 0 Å². The van der Waals surface area contributed by atoms with E-state index >= 15 is 0 Å². The summed E-state index contributed by atoms with van der Waals surface area (Å²) in [5.74, 6) is -0.745. The molecule has 0 aliphatic heterocycles. The fourth-order valence-corrected chi connectivity index (χ4v) is 1.93. The van der Waals surface area contributed by atoms with Crippen molar-refractivity contribution in [2.45, 2.75) is 13.8 Å². The van der Waals surface area contributed by atoms with Crippen molar-refractivity contribution in [1.82, 2.24) is 4.98 Å². The molecule has 1 heterocycles. The van der Waals surface area contributed by atoms with E-state index in [9.17, 15) is 19.7 Å². The summed E-state index contributed by atoms with van der Waals surface area (Å²) in [6.45, 7) is 2.97. The van der Waals surface area contributed by atoms with Crippen molar-refractivity contribution < 1.29 is 14.5 Å². The molecule has 23 heavy (non-hydrogen) atoms. The first kappa shape index (κ1) is 16.1. The van der Waals surface area contributed by atoms with E-state index in [4.69, 9.17) is 0 Å². The number of pyridine rings is 1. The fraction of sp³-hybridized carbons (Fsp3) is 0.133. The standard InChI is InChI=1S/C15H14N4O4/c1-9-14(7-13(8-16-9)19(22)23)15(21)18-12-5-3-4-11(6-12)17-10(2)20/h3-8H,1-2H3,(H,17,20)(H,18,21). The number of hydrogen-bond acceptors (Lipinski definition) is 5. The molecule has 0 aliphatic carbocycles. The molecule has 0 fully saturated rings. The Hall–Kier alpha value is -3.29. The number of carbonyl (C=O) groups is 2. The Morgan fingerprint density at radius 2 is 1.83 bits per heavy atom. The van der Waals surface area contributed by atoms with E-state index in [2.05, 4.69) is 15.6 Å². The van der Waals surface area contributed by atoms with Gasteiger partial charge in [-0.1, -0.05) is 6.07 Å². The maximum absolute atomic E-state index is 12.3. The number of aryl methyl sites for hydroxylation is 1. The molecule has 2 amide bonds. The van der Waals surface area contributed by atoms with Crippen LogP contribution < -0.4 is 10.6 Å². The summed E-state index contributed by atoms with van der Waals surface area (Å²) in [7, 11) is 0. The second kappa shape index (κ2) is 6.65. The monoisotopic (exact) mass is 314 g/mol. The van der Waals surface area contributed by atoms with Gasteiger partial charge in [-0.3, -0.25) is 24.7 Å². The molecule has 118 valence electrons. The number of carbonyl (C=O) groups excluding carboxylic acids is 2. The van der Waals surface area contributed by atoms with E-state index in [0.29, 0.717) is 17.1 Å². The Morgan fingerprint density at radius 3 is 2.43 bits per heavy atom. The molecule has 0 aliphatic rings. The number of nitrogens with one attached hydrogen (secondary N) is 2. The van der Waals surface area contributed by atoms with Gasteiger partial charge >= 0.3 is 0 Å². The predicted molar refractivity (Wildman–Crippen MR) is 84.3 cm³/mol.